The molecule has 5 aliphatic rings. The average Bonchev–Trinajstić information content (AvgIpc) is 1.64. The first-order chi connectivity index (χ1) is 48.7. The predicted octanol–water partition coefficient (Wildman–Crippen LogP) is 3.76. The zero-order valence-electron chi connectivity index (χ0n) is 56.6. The van der Waals surface area contributed by atoms with E-state index >= 15 is 0 Å². The fourth-order valence-electron chi connectivity index (χ4n) is 11.8. The zero-order valence-corrected chi connectivity index (χ0v) is 56.6. The van der Waals surface area contributed by atoms with Gasteiger partial charge in [0.2, 0.25) is 35.7 Å². The number of aromatic nitrogens is 13. The number of anilines is 13. The number of hydrogen-bond donors (Lipinski definition) is 8. The van der Waals surface area contributed by atoms with Crippen LogP contribution in [0, 0.1) is 5.92 Å². The van der Waals surface area contributed by atoms with Crippen LogP contribution in [0.15, 0.2) is 122 Å². The van der Waals surface area contributed by atoms with E-state index in [4.69, 9.17) is 31.4 Å². The first kappa shape index (κ1) is 69.1. The molecule has 33 nitrogen and oxygen atoms in total. The number of nitrogens with one attached hydrogen (secondary N) is 4. The highest BCUT2D eigenvalue weighted by Gasteiger charge is 2.25. The molecule has 5 saturated heterocycles. The van der Waals surface area contributed by atoms with Crippen molar-refractivity contribution in [2.24, 2.45) is 5.92 Å². The summed E-state index contributed by atoms with van der Waals surface area (Å²) in [4.78, 5) is 70.5. The summed E-state index contributed by atoms with van der Waals surface area (Å²) in [5.41, 5.74) is 25.3. The van der Waals surface area contributed by atoms with Crippen molar-refractivity contribution in [3.05, 3.63) is 133 Å². The third-order valence-electron chi connectivity index (χ3n) is 17.4. The lowest BCUT2D eigenvalue weighted by atomic mass is 9.99. The van der Waals surface area contributed by atoms with Gasteiger partial charge < -0.3 is 92.1 Å². The number of hydrogen-bond acceptors (Lipinski definition) is 28. The van der Waals surface area contributed by atoms with E-state index in [-0.39, 0.29) is 42.2 Å². The zero-order chi connectivity index (χ0) is 69.3. The monoisotopic (exact) mass is 1370 g/mol. The van der Waals surface area contributed by atoms with Gasteiger partial charge in [-0.1, -0.05) is 0 Å². The molecule has 5 aliphatic heterocycles. The Morgan fingerprint density at radius 1 is 0.520 bits per heavy atom. The Kier molecular flexibility index (Phi) is 22.9. The molecule has 2 amide bonds. The molecule has 6 aromatic heterocycles. The first-order valence-corrected chi connectivity index (χ1v) is 33.5. The van der Waals surface area contributed by atoms with Gasteiger partial charge in [-0.2, -0.15) is 29.0 Å². The van der Waals surface area contributed by atoms with E-state index in [1.54, 1.807) is 30.5 Å². The second kappa shape index (κ2) is 33.1. The molecule has 11 heterocycles. The molecule has 0 spiro atoms. The normalized spacial score (nSPS) is 16.6. The van der Waals surface area contributed by atoms with Crippen molar-refractivity contribution in [2.45, 2.75) is 12.8 Å². The summed E-state index contributed by atoms with van der Waals surface area (Å²) in [6.45, 7) is 16.2. The van der Waals surface area contributed by atoms with Gasteiger partial charge >= 0.3 is 0 Å². The molecule has 0 aliphatic carbocycles. The number of carbonyl (C=O) groups is 2. The third kappa shape index (κ3) is 18.1. The molecule has 0 bridgehead atoms. The van der Waals surface area contributed by atoms with Crippen LogP contribution >= 0.6 is 0 Å². The number of pyridine rings is 2. The van der Waals surface area contributed by atoms with Crippen LogP contribution in [0.4, 0.5) is 75.6 Å². The minimum atomic E-state index is -0.176. The number of amides is 2. The Morgan fingerprint density at radius 2 is 0.950 bits per heavy atom. The van der Waals surface area contributed by atoms with Crippen molar-refractivity contribution in [2.75, 3.05) is 212 Å². The number of nitrogens with zero attached hydrogens (tertiary/aromatic N) is 20. The molecule has 9 aromatic rings. The van der Waals surface area contributed by atoms with Gasteiger partial charge in [-0.3, -0.25) is 9.59 Å². The summed E-state index contributed by atoms with van der Waals surface area (Å²) in [5, 5.41) is 35.3. The number of morpholine rings is 3. The molecule has 33 heteroatoms. The van der Waals surface area contributed by atoms with Crippen molar-refractivity contribution in [1.29, 1.82) is 0 Å². The minimum absolute atomic E-state index is 0.0124. The van der Waals surface area contributed by atoms with Crippen LogP contribution < -0.4 is 58.1 Å². The summed E-state index contributed by atoms with van der Waals surface area (Å²) in [6, 6.07) is 33.0. The van der Waals surface area contributed by atoms with Crippen LogP contribution in [0.2, 0.25) is 0 Å². The van der Waals surface area contributed by atoms with E-state index in [0.29, 0.717) is 53.0 Å². The molecule has 526 valence electrons. The summed E-state index contributed by atoms with van der Waals surface area (Å²) in [6.07, 6.45) is 6.62. The molecule has 0 saturated carbocycles. The lowest BCUT2D eigenvalue weighted by Crippen LogP contribution is -2.47. The van der Waals surface area contributed by atoms with Crippen LogP contribution in [0.1, 0.15) is 33.6 Å². The topological polar surface area (TPSA) is 375 Å². The van der Waals surface area contributed by atoms with Crippen molar-refractivity contribution >= 4 is 87.4 Å². The molecular weight excluding hydrogens is 1280 g/mol. The predicted molar refractivity (Wildman–Crippen MR) is 383 cm³/mol. The molecule has 1 atom stereocenters. The Hall–Kier alpha value is -10.8. The maximum Gasteiger partial charge on any atom is 0.255 e. The molecule has 11 N–H and O–H groups in total. The molecule has 0 unspecified atom stereocenters. The smallest absolute Gasteiger partial charge is 0.255 e. The number of benzene rings is 3. The maximum absolute atomic E-state index is 12.7. The SMILES string of the molecule is CN(C)CCNC(=O)c1ccc(-n2nc(Nc3ccc(N4CCOCC4)cc3)nc2N)nc1.CN1CCN(C(=O)c2ccc(-n3nc(Nc4ccc(N5CCOCC5)cc4)nc3N)nc2)CC1.Nc1nc(Nc2ccc(N3CCOCC3)cc2)nn1-c1cc(N2CCC[C@H](CO)C2)ncn1. The fraction of sp³-hybridized carbons (Fsp3) is 0.403. The number of nitrogens with two attached hydrogens (primary N) is 3. The lowest BCUT2D eigenvalue weighted by molar-refractivity contribution is 0.0663. The number of aliphatic hydroxyl groups is 1. The quantitative estimate of drug-likeness (QED) is 0.0571. The first-order valence-electron chi connectivity index (χ1n) is 33.5. The number of rotatable bonds is 19. The van der Waals surface area contributed by atoms with Gasteiger partial charge in [-0.05, 0) is 137 Å². The molecule has 3 aromatic carbocycles. The van der Waals surface area contributed by atoms with Crippen LogP contribution in [-0.4, -0.2) is 255 Å². The van der Waals surface area contributed by atoms with Crippen LogP contribution in [0.25, 0.3) is 17.5 Å². The van der Waals surface area contributed by atoms with Crippen LogP contribution in [0.3, 0.4) is 0 Å². The Balaban J connectivity index is 0.000000142. The van der Waals surface area contributed by atoms with Crippen LogP contribution in [0.5, 0.6) is 0 Å². The van der Waals surface area contributed by atoms with Gasteiger partial charge in [-0.25, -0.2) is 19.9 Å². The van der Waals surface area contributed by atoms with Gasteiger partial charge in [0, 0.05) is 151 Å². The number of ether oxygens (including phenoxy) is 3. The Labute approximate surface area is 579 Å². The van der Waals surface area contributed by atoms with Crippen molar-refractivity contribution in [1.82, 2.24) is 84.2 Å². The Morgan fingerprint density at radius 3 is 1.37 bits per heavy atom. The summed E-state index contributed by atoms with van der Waals surface area (Å²) >= 11 is 0. The van der Waals surface area contributed by atoms with E-state index in [2.05, 4.69) is 139 Å². The van der Waals surface area contributed by atoms with Gasteiger partial charge in [-0.15, -0.1) is 15.3 Å². The van der Waals surface area contributed by atoms with Gasteiger partial charge in [0.1, 0.15) is 12.1 Å². The average molecular weight is 1370 g/mol. The van der Waals surface area contributed by atoms with E-state index in [0.717, 1.165) is 178 Å². The van der Waals surface area contributed by atoms with Crippen LogP contribution in [-0.2, 0) is 14.2 Å². The highest BCUT2D eigenvalue weighted by atomic mass is 16.5. The number of piperidine rings is 1. The molecule has 0 radical (unpaired) electrons. The summed E-state index contributed by atoms with van der Waals surface area (Å²) in [5.74, 6) is 4.14. The van der Waals surface area contributed by atoms with E-state index in [1.165, 1.54) is 26.6 Å². The standard InChI is InChI=1S/C23H29N9O2.2C22H29N9O2/c1-29-8-10-31(11-9-29)21(33)17-2-7-20(25-16-17)32-22(24)27-23(28-32)26-18-3-5-19(6-4-18)30-12-14-34-15-13-30;23-21-27-22(26-17-3-5-18(6-4-17)29-8-10-33-11-9-29)28-31(21)20-12-19(24-15-25-20)30-7-1-2-16(13-30)14-32;1-29(2)10-9-24-20(32)16-3-8-19(25-15-16)31-21(23)27-22(28-31)26-17-4-6-18(7-5-17)30-11-13-33-14-12-30/h2-7,16H,8-15H2,1H3,(H3,24,26,27,28);3-6,12,15-16,32H,1-2,7-11,13-14H2,(H3,23,26,27,28);3-8,15H,9-14H2,1-2H3,(H,24,32)(H3,23,26,27,28)/t;16-;/m.0./s1. The second-order valence-corrected chi connectivity index (χ2v) is 24.8. The van der Waals surface area contributed by atoms with Gasteiger partial charge in [0.15, 0.2) is 17.5 Å². The number of carbonyl (C=O) groups excluding carboxylic acids is 2. The number of piperazine rings is 1. The fourth-order valence-corrected chi connectivity index (χ4v) is 11.8. The molecule has 5 fully saturated rings. The second-order valence-electron chi connectivity index (χ2n) is 24.8. The highest BCUT2D eigenvalue weighted by molar-refractivity contribution is 5.94. The molecular formula is C67H87N27O6. The number of likely N-dealkylation sites (N-methyl/N-ethyl adjacent to an activating group) is 2. The van der Waals surface area contributed by atoms with E-state index in [9.17, 15) is 14.7 Å². The molecule has 100 heavy (non-hydrogen) atoms. The number of aliphatic hydroxyl groups excluding tert-OH is 1. The van der Waals surface area contributed by atoms with Crippen molar-refractivity contribution in [3.8, 4) is 17.5 Å². The summed E-state index contributed by atoms with van der Waals surface area (Å²) in [7, 11) is 5.97. The lowest BCUT2D eigenvalue weighted by Gasteiger charge is -2.32. The third-order valence-corrected chi connectivity index (χ3v) is 17.4. The van der Waals surface area contributed by atoms with Crippen molar-refractivity contribution < 1.29 is 28.9 Å². The summed E-state index contributed by atoms with van der Waals surface area (Å²) < 4.78 is 20.6. The minimum Gasteiger partial charge on any atom is -0.396 e. The number of nitrogen functional groups attached to an aromatic ring is 3. The van der Waals surface area contributed by atoms with Gasteiger partial charge in [0.05, 0.1) is 50.8 Å². The maximum atomic E-state index is 12.7. The van der Waals surface area contributed by atoms with Crippen molar-refractivity contribution in [3.63, 3.8) is 0 Å². The molecule has 14 rings (SSSR count). The van der Waals surface area contributed by atoms with E-state index in [1.807, 2.05) is 66.4 Å². The largest absolute Gasteiger partial charge is 0.396 e. The van der Waals surface area contributed by atoms with E-state index < -0.39 is 0 Å². The Bertz CT molecular complexity index is 4070. The highest BCUT2D eigenvalue weighted by Crippen LogP contribution is 2.28. The van der Waals surface area contributed by atoms with Gasteiger partial charge in [0.25, 0.3) is 11.8 Å².